The van der Waals surface area contributed by atoms with E-state index in [2.05, 4.69) is 6.07 Å². The highest BCUT2D eigenvalue weighted by Crippen LogP contribution is 2.42. The predicted octanol–water partition coefficient (Wildman–Crippen LogP) is 4.94. The van der Waals surface area contributed by atoms with Crippen molar-refractivity contribution in [1.29, 1.82) is 0 Å². The molecule has 0 radical (unpaired) electrons. The number of methoxy groups -OCH3 is 2. The first-order chi connectivity index (χ1) is 15.0. The van der Waals surface area contributed by atoms with Crippen molar-refractivity contribution in [1.82, 2.24) is 4.90 Å². The van der Waals surface area contributed by atoms with Crippen LogP contribution in [0.15, 0.2) is 47.8 Å². The molecule has 0 fully saturated rings. The summed E-state index contributed by atoms with van der Waals surface area (Å²) in [6, 6.07) is 14.0. The van der Waals surface area contributed by atoms with Crippen molar-refractivity contribution in [3.8, 4) is 17.2 Å². The lowest BCUT2D eigenvalue weighted by Crippen LogP contribution is -2.42. The van der Waals surface area contributed by atoms with E-state index in [0.717, 1.165) is 33.7 Å². The van der Waals surface area contributed by atoms with E-state index in [1.165, 1.54) is 5.56 Å². The Balaban J connectivity index is 1.64. The fraction of sp³-hybridized carbons (Fsp3) is 0.320. The first-order valence-corrected chi connectivity index (χ1v) is 11.2. The first kappa shape index (κ1) is 21.2. The van der Waals surface area contributed by atoms with Crippen LogP contribution in [0.2, 0.25) is 0 Å². The first-order valence-electron chi connectivity index (χ1n) is 10.3. The molecule has 0 saturated heterocycles. The van der Waals surface area contributed by atoms with Crippen molar-refractivity contribution in [2.75, 3.05) is 27.4 Å². The fourth-order valence-electron chi connectivity index (χ4n) is 4.05. The van der Waals surface area contributed by atoms with Gasteiger partial charge in [-0.1, -0.05) is 18.2 Å². The van der Waals surface area contributed by atoms with Crippen LogP contribution < -0.4 is 14.2 Å². The third-order valence-corrected chi connectivity index (χ3v) is 6.63. The van der Waals surface area contributed by atoms with Gasteiger partial charge in [-0.05, 0) is 72.2 Å². The van der Waals surface area contributed by atoms with E-state index in [9.17, 15) is 4.79 Å². The Hall–Kier alpha value is -2.99. The van der Waals surface area contributed by atoms with E-state index >= 15 is 0 Å². The lowest BCUT2D eigenvalue weighted by atomic mass is 9.90. The molecule has 2 heterocycles. The van der Waals surface area contributed by atoms with E-state index in [4.69, 9.17) is 14.2 Å². The van der Waals surface area contributed by atoms with Gasteiger partial charge in [0.2, 0.25) is 0 Å². The van der Waals surface area contributed by atoms with Gasteiger partial charge in [0, 0.05) is 11.4 Å². The largest absolute Gasteiger partial charge is 0.493 e. The molecule has 1 aliphatic heterocycles. The Bertz CT molecular complexity index is 1080. The number of amides is 1. The second-order valence-electron chi connectivity index (χ2n) is 7.72. The van der Waals surface area contributed by atoms with Crippen LogP contribution in [0.5, 0.6) is 17.2 Å². The Kier molecular flexibility index (Phi) is 6.18. The Morgan fingerprint density at radius 3 is 2.55 bits per heavy atom. The molecule has 162 valence electrons. The maximum Gasteiger partial charge on any atom is 0.261 e. The molecule has 1 unspecified atom stereocenters. The van der Waals surface area contributed by atoms with Crippen molar-refractivity contribution in [2.45, 2.75) is 26.3 Å². The van der Waals surface area contributed by atoms with E-state index in [0.29, 0.717) is 18.0 Å². The summed E-state index contributed by atoms with van der Waals surface area (Å²) in [5, 5.41) is 2.04. The minimum Gasteiger partial charge on any atom is -0.493 e. The van der Waals surface area contributed by atoms with Gasteiger partial charge in [0.15, 0.2) is 18.1 Å². The van der Waals surface area contributed by atoms with Crippen molar-refractivity contribution in [2.24, 2.45) is 0 Å². The molecular weight excluding hydrogens is 410 g/mol. The zero-order chi connectivity index (χ0) is 22.0. The topological polar surface area (TPSA) is 48.0 Å². The summed E-state index contributed by atoms with van der Waals surface area (Å²) in [6.07, 6.45) is 0.757. The monoisotopic (exact) mass is 437 g/mol. The highest BCUT2D eigenvalue weighted by atomic mass is 32.1. The molecule has 0 N–H and O–H groups in total. The number of ether oxygens (including phenoxy) is 3. The van der Waals surface area contributed by atoms with Gasteiger partial charge in [-0.25, -0.2) is 0 Å². The average molecular weight is 438 g/mol. The Morgan fingerprint density at radius 1 is 1.06 bits per heavy atom. The summed E-state index contributed by atoms with van der Waals surface area (Å²) in [5.41, 5.74) is 4.38. The van der Waals surface area contributed by atoms with E-state index in [1.807, 2.05) is 60.5 Å². The second kappa shape index (κ2) is 9.02. The van der Waals surface area contributed by atoms with Crippen molar-refractivity contribution >= 4 is 17.2 Å². The number of rotatable bonds is 6. The van der Waals surface area contributed by atoms with Crippen LogP contribution in [0.1, 0.15) is 33.2 Å². The molecule has 0 spiro atoms. The van der Waals surface area contributed by atoms with Crippen LogP contribution in [0, 0.1) is 13.8 Å². The number of hydrogen-bond donors (Lipinski definition) is 0. The summed E-state index contributed by atoms with van der Waals surface area (Å²) in [5.74, 6) is 2.11. The van der Waals surface area contributed by atoms with Crippen LogP contribution >= 0.6 is 11.3 Å². The van der Waals surface area contributed by atoms with Crippen LogP contribution in [0.3, 0.4) is 0 Å². The molecular formula is C25H27NO4S. The average Bonchev–Trinajstić information content (AvgIpc) is 3.32. The minimum atomic E-state index is -0.168. The molecule has 31 heavy (non-hydrogen) atoms. The number of benzene rings is 2. The third-order valence-electron chi connectivity index (χ3n) is 5.70. The van der Waals surface area contributed by atoms with Gasteiger partial charge in [-0.15, -0.1) is 11.3 Å². The lowest BCUT2D eigenvalue weighted by Gasteiger charge is -2.37. The SMILES string of the molecule is COc1cc2c(cc1OC)C(c1cccs1)N(C(=O)COc1cc(C)ccc1C)CC2. The maximum atomic E-state index is 13.3. The molecule has 5 nitrogen and oxygen atoms in total. The molecule has 0 aliphatic carbocycles. The summed E-state index contributed by atoms with van der Waals surface area (Å²) in [7, 11) is 3.28. The molecule has 1 atom stereocenters. The van der Waals surface area contributed by atoms with Gasteiger partial charge >= 0.3 is 0 Å². The van der Waals surface area contributed by atoms with Crippen LogP contribution in [0.4, 0.5) is 0 Å². The number of carbonyl (C=O) groups is 1. The zero-order valence-electron chi connectivity index (χ0n) is 18.3. The van der Waals surface area contributed by atoms with Gasteiger partial charge in [-0.2, -0.15) is 0 Å². The second-order valence-corrected chi connectivity index (χ2v) is 8.70. The predicted molar refractivity (Wildman–Crippen MR) is 123 cm³/mol. The van der Waals surface area contributed by atoms with Gasteiger partial charge in [0.1, 0.15) is 5.75 Å². The van der Waals surface area contributed by atoms with Gasteiger partial charge in [-0.3, -0.25) is 4.79 Å². The molecule has 6 heteroatoms. The smallest absolute Gasteiger partial charge is 0.261 e. The van der Waals surface area contributed by atoms with Crippen molar-refractivity contribution in [3.63, 3.8) is 0 Å². The summed E-state index contributed by atoms with van der Waals surface area (Å²) in [6.45, 7) is 4.64. The summed E-state index contributed by atoms with van der Waals surface area (Å²) < 4.78 is 17.0. The lowest BCUT2D eigenvalue weighted by molar-refractivity contribution is -0.135. The molecule has 2 aromatic carbocycles. The van der Waals surface area contributed by atoms with Crippen LogP contribution in [0.25, 0.3) is 0 Å². The maximum absolute atomic E-state index is 13.3. The standard InChI is InChI=1S/C25H27NO4S/c1-16-7-8-17(2)20(12-16)30-15-24(27)26-10-9-18-13-21(28-3)22(29-4)14-19(18)25(26)23-6-5-11-31-23/h5-8,11-14,25H,9-10,15H2,1-4H3. The molecule has 1 aromatic heterocycles. The Morgan fingerprint density at radius 2 is 1.84 bits per heavy atom. The van der Waals surface area contributed by atoms with Crippen molar-refractivity contribution < 1.29 is 19.0 Å². The zero-order valence-corrected chi connectivity index (χ0v) is 19.1. The van der Waals surface area contributed by atoms with Gasteiger partial charge < -0.3 is 19.1 Å². The summed E-state index contributed by atoms with van der Waals surface area (Å²) in [4.78, 5) is 16.4. The van der Waals surface area contributed by atoms with Crippen LogP contribution in [-0.4, -0.2) is 38.2 Å². The van der Waals surface area contributed by atoms with Crippen molar-refractivity contribution in [3.05, 3.63) is 75.0 Å². The quantitative estimate of drug-likeness (QED) is 0.548. The molecule has 3 aromatic rings. The highest BCUT2D eigenvalue weighted by molar-refractivity contribution is 7.10. The minimum absolute atomic E-state index is 0.00872. The fourth-order valence-corrected chi connectivity index (χ4v) is 4.91. The molecule has 1 aliphatic rings. The van der Waals surface area contributed by atoms with E-state index in [-0.39, 0.29) is 18.6 Å². The number of aryl methyl sites for hydroxylation is 2. The third kappa shape index (κ3) is 4.26. The summed E-state index contributed by atoms with van der Waals surface area (Å²) >= 11 is 1.65. The molecule has 0 bridgehead atoms. The number of carbonyl (C=O) groups excluding carboxylic acids is 1. The molecule has 0 saturated carbocycles. The molecule has 1 amide bonds. The van der Waals surface area contributed by atoms with E-state index in [1.54, 1.807) is 25.6 Å². The van der Waals surface area contributed by atoms with Gasteiger partial charge in [0.05, 0.1) is 20.3 Å². The van der Waals surface area contributed by atoms with Crippen LogP contribution in [-0.2, 0) is 11.2 Å². The number of fused-ring (bicyclic) bond motifs is 1. The van der Waals surface area contributed by atoms with Gasteiger partial charge in [0.25, 0.3) is 5.91 Å². The normalized spacial score (nSPS) is 15.4. The number of hydrogen-bond acceptors (Lipinski definition) is 5. The highest BCUT2D eigenvalue weighted by Gasteiger charge is 2.34. The molecule has 4 rings (SSSR count). The number of nitrogens with zero attached hydrogens (tertiary/aromatic N) is 1. The van der Waals surface area contributed by atoms with E-state index < -0.39 is 0 Å². The number of thiophene rings is 1. The Labute approximate surface area is 187 Å².